The Hall–Kier alpha value is -2.19. The van der Waals surface area contributed by atoms with Gasteiger partial charge in [0.05, 0.1) is 37.3 Å². The number of carbonyl (C=O) groups is 2. The minimum atomic E-state index is -0.435. The fourth-order valence-corrected chi connectivity index (χ4v) is 2.55. The molecule has 0 radical (unpaired) electrons. The first-order valence-electron chi connectivity index (χ1n) is 7.71. The average molecular weight is 351 g/mol. The number of esters is 1. The largest absolute Gasteiger partial charge is 0.465 e. The number of hydrogen-bond acceptors (Lipinski definition) is 6. The summed E-state index contributed by atoms with van der Waals surface area (Å²) in [7, 11) is 1.33. The number of ether oxygens (including phenoxy) is 2. The van der Waals surface area contributed by atoms with E-state index in [9.17, 15) is 9.59 Å². The van der Waals surface area contributed by atoms with Crippen LogP contribution in [0, 0.1) is 0 Å². The number of methoxy groups -OCH3 is 1. The molecular formula is C16H21N3O4S. The Bertz CT molecular complexity index is 630. The van der Waals surface area contributed by atoms with E-state index in [1.54, 1.807) is 19.1 Å². The van der Waals surface area contributed by atoms with Gasteiger partial charge in [-0.15, -0.1) is 0 Å². The lowest BCUT2D eigenvalue weighted by Crippen LogP contribution is -2.38. The summed E-state index contributed by atoms with van der Waals surface area (Å²) in [4.78, 5) is 25.4. The van der Waals surface area contributed by atoms with Gasteiger partial charge in [0, 0.05) is 19.5 Å². The summed E-state index contributed by atoms with van der Waals surface area (Å²) in [6.07, 6.45) is 0.334. The molecule has 2 N–H and O–H groups in total. The molecular weight excluding hydrogens is 330 g/mol. The van der Waals surface area contributed by atoms with E-state index >= 15 is 0 Å². The van der Waals surface area contributed by atoms with Crippen LogP contribution in [0.2, 0.25) is 0 Å². The molecule has 1 saturated heterocycles. The first kappa shape index (κ1) is 18.2. The monoisotopic (exact) mass is 351 g/mol. The third-order valence-electron chi connectivity index (χ3n) is 3.59. The van der Waals surface area contributed by atoms with E-state index < -0.39 is 5.97 Å². The van der Waals surface area contributed by atoms with Crippen molar-refractivity contribution in [2.75, 3.05) is 43.6 Å². The van der Waals surface area contributed by atoms with E-state index in [4.69, 9.17) is 21.7 Å². The first-order chi connectivity index (χ1) is 11.5. The molecule has 0 aliphatic carbocycles. The second-order valence-electron chi connectivity index (χ2n) is 5.18. The third kappa shape index (κ3) is 4.65. The lowest BCUT2D eigenvalue weighted by atomic mass is 10.1. The van der Waals surface area contributed by atoms with Crippen molar-refractivity contribution in [1.82, 2.24) is 5.32 Å². The van der Waals surface area contributed by atoms with Gasteiger partial charge in [-0.05, 0) is 30.4 Å². The van der Waals surface area contributed by atoms with E-state index in [0.29, 0.717) is 30.9 Å². The molecule has 0 spiro atoms. The summed E-state index contributed by atoms with van der Waals surface area (Å²) < 4.78 is 10.1. The molecule has 1 aromatic rings. The second-order valence-corrected chi connectivity index (χ2v) is 5.59. The first-order valence-corrected chi connectivity index (χ1v) is 8.12. The molecule has 1 heterocycles. The maximum atomic E-state index is 11.8. The summed E-state index contributed by atoms with van der Waals surface area (Å²) in [5.41, 5.74) is 1.93. The van der Waals surface area contributed by atoms with Crippen LogP contribution in [-0.2, 0) is 14.3 Å². The number of benzene rings is 1. The normalized spacial score (nSPS) is 14.0. The van der Waals surface area contributed by atoms with Crippen molar-refractivity contribution in [3.8, 4) is 0 Å². The standard InChI is InChI=1S/C16H21N3O4S/c1-3-14(20)18-16(24)17-12-10-11(15(21)22-2)4-5-13(12)19-6-8-23-9-7-19/h4-5,10H,3,6-9H2,1-2H3,(H2,17,18,20,24). The maximum Gasteiger partial charge on any atom is 0.337 e. The number of amides is 1. The smallest absolute Gasteiger partial charge is 0.337 e. The number of morpholine rings is 1. The van der Waals surface area contributed by atoms with Crippen LogP contribution >= 0.6 is 12.2 Å². The van der Waals surface area contributed by atoms with Gasteiger partial charge in [0.15, 0.2) is 5.11 Å². The zero-order chi connectivity index (χ0) is 17.5. The molecule has 1 aromatic carbocycles. The molecule has 1 amide bonds. The van der Waals surface area contributed by atoms with Gasteiger partial charge in [0.1, 0.15) is 0 Å². The molecule has 130 valence electrons. The van der Waals surface area contributed by atoms with Gasteiger partial charge in [0.25, 0.3) is 0 Å². The van der Waals surface area contributed by atoms with E-state index in [1.165, 1.54) is 7.11 Å². The molecule has 2 rings (SSSR count). The molecule has 0 saturated carbocycles. The SMILES string of the molecule is CCC(=O)NC(=S)Nc1cc(C(=O)OC)ccc1N1CCOCC1. The Balaban J connectivity index is 2.26. The zero-order valence-electron chi connectivity index (χ0n) is 13.8. The Morgan fingerprint density at radius 3 is 2.67 bits per heavy atom. The van der Waals surface area contributed by atoms with Gasteiger partial charge in [0.2, 0.25) is 5.91 Å². The molecule has 24 heavy (non-hydrogen) atoms. The van der Waals surface area contributed by atoms with Crippen molar-refractivity contribution in [2.24, 2.45) is 0 Å². The molecule has 8 heteroatoms. The zero-order valence-corrected chi connectivity index (χ0v) is 14.6. The quantitative estimate of drug-likeness (QED) is 0.629. The molecule has 1 fully saturated rings. The van der Waals surface area contributed by atoms with Crippen molar-refractivity contribution in [3.63, 3.8) is 0 Å². The van der Waals surface area contributed by atoms with Gasteiger partial charge in [-0.2, -0.15) is 0 Å². The molecule has 0 atom stereocenters. The van der Waals surface area contributed by atoms with Crippen LogP contribution in [0.1, 0.15) is 23.7 Å². The number of carbonyl (C=O) groups excluding carboxylic acids is 2. The molecule has 0 unspecified atom stereocenters. The summed E-state index contributed by atoms with van der Waals surface area (Å²) in [6, 6.07) is 5.21. The average Bonchev–Trinajstić information content (AvgIpc) is 2.61. The topological polar surface area (TPSA) is 79.9 Å². The Kier molecular flexibility index (Phi) is 6.51. The molecule has 0 bridgehead atoms. The van der Waals surface area contributed by atoms with Crippen molar-refractivity contribution < 1.29 is 19.1 Å². The van der Waals surface area contributed by atoms with Gasteiger partial charge >= 0.3 is 5.97 Å². The number of anilines is 2. The number of thiocarbonyl (C=S) groups is 1. The molecule has 1 aliphatic rings. The Labute approximate surface area is 146 Å². The van der Waals surface area contributed by atoms with Gasteiger partial charge in [-0.1, -0.05) is 6.92 Å². The van der Waals surface area contributed by atoms with Crippen molar-refractivity contribution >= 4 is 40.6 Å². The van der Waals surface area contributed by atoms with Crippen LogP contribution in [-0.4, -0.2) is 50.4 Å². The highest BCUT2D eigenvalue weighted by Crippen LogP contribution is 2.28. The van der Waals surface area contributed by atoms with Crippen molar-refractivity contribution in [3.05, 3.63) is 23.8 Å². The molecule has 0 aromatic heterocycles. The molecule has 1 aliphatic heterocycles. The van der Waals surface area contributed by atoms with Crippen LogP contribution in [0.3, 0.4) is 0 Å². The van der Waals surface area contributed by atoms with Crippen LogP contribution < -0.4 is 15.5 Å². The predicted molar refractivity (Wildman–Crippen MR) is 95.5 cm³/mol. The fourth-order valence-electron chi connectivity index (χ4n) is 2.33. The highest BCUT2D eigenvalue weighted by Gasteiger charge is 2.18. The minimum absolute atomic E-state index is 0.176. The number of nitrogens with one attached hydrogen (secondary N) is 2. The summed E-state index contributed by atoms with van der Waals surface area (Å²) in [5, 5.41) is 5.79. The molecule has 7 nitrogen and oxygen atoms in total. The highest BCUT2D eigenvalue weighted by atomic mass is 32.1. The Morgan fingerprint density at radius 1 is 1.33 bits per heavy atom. The lowest BCUT2D eigenvalue weighted by Gasteiger charge is -2.31. The predicted octanol–water partition coefficient (Wildman–Crippen LogP) is 1.53. The van der Waals surface area contributed by atoms with E-state index in [-0.39, 0.29) is 11.0 Å². The van der Waals surface area contributed by atoms with Crippen LogP contribution in [0.15, 0.2) is 18.2 Å². The Morgan fingerprint density at radius 2 is 2.04 bits per heavy atom. The number of nitrogens with zero attached hydrogens (tertiary/aromatic N) is 1. The highest BCUT2D eigenvalue weighted by molar-refractivity contribution is 7.80. The van der Waals surface area contributed by atoms with Gasteiger partial charge < -0.3 is 25.0 Å². The summed E-state index contributed by atoms with van der Waals surface area (Å²) in [5.74, 6) is -0.611. The lowest BCUT2D eigenvalue weighted by molar-refractivity contribution is -0.119. The van der Waals surface area contributed by atoms with Crippen LogP contribution in [0.25, 0.3) is 0 Å². The summed E-state index contributed by atoms with van der Waals surface area (Å²) >= 11 is 5.17. The van der Waals surface area contributed by atoms with E-state index in [0.717, 1.165) is 18.8 Å². The van der Waals surface area contributed by atoms with Gasteiger partial charge in [-0.3, -0.25) is 4.79 Å². The number of hydrogen-bond donors (Lipinski definition) is 2. The van der Waals surface area contributed by atoms with Crippen molar-refractivity contribution in [2.45, 2.75) is 13.3 Å². The maximum absolute atomic E-state index is 11.8. The van der Waals surface area contributed by atoms with Crippen molar-refractivity contribution in [1.29, 1.82) is 0 Å². The minimum Gasteiger partial charge on any atom is -0.465 e. The summed E-state index contributed by atoms with van der Waals surface area (Å²) in [6.45, 7) is 4.49. The van der Waals surface area contributed by atoms with E-state index in [2.05, 4.69) is 15.5 Å². The van der Waals surface area contributed by atoms with E-state index in [1.807, 2.05) is 6.07 Å². The number of rotatable bonds is 4. The third-order valence-corrected chi connectivity index (χ3v) is 3.80. The van der Waals surface area contributed by atoms with Gasteiger partial charge in [-0.25, -0.2) is 4.79 Å². The van der Waals surface area contributed by atoms with Crippen LogP contribution in [0.5, 0.6) is 0 Å². The fraction of sp³-hybridized carbons (Fsp3) is 0.438. The second kappa shape index (κ2) is 8.60. The van der Waals surface area contributed by atoms with Crippen LogP contribution in [0.4, 0.5) is 11.4 Å².